The van der Waals surface area contributed by atoms with Gasteiger partial charge in [-0.3, -0.25) is 19.7 Å². The van der Waals surface area contributed by atoms with Gasteiger partial charge in [0.25, 0.3) is 5.69 Å². The Morgan fingerprint density at radius 1 is 1.53 bits per heavy atom. The van der Waals surface area contributed by atoms with E-state index in [0.29, 0.717) is 17.4 Å². The minimum Gasteiger partial charge on any atom is -0.469 e. The number of nitrogens with zero attached hydrogens (tertiary/aromatic N) is 1. The van der Waals surface area contributed by atoms with Gasteiger partial charge in [-0.05, 0) is 24.1 Å². The minimum absolute atomic E-state index is 0.00103. The maximum Gasteiger partial charge on any atom is 0.309 e. The quantitative estimate of drug-likeness (QED) is 0.342. The van der Waals surface area contributed by atoms with E-state index < -0.39 is 10.9 Å². The van der Waals surface area contributed by atoms with Crippen LogP contribution in [0.5, 0.6) is 0 Å². The lowest BCUT2D eigenvalue weighted by atomic mass is 10.0. The summed E-state index contributed by atoms with van der Waals surface area (Å²) < 4.78 is 4.49. The number of carbonyl (C=O) groups excluding carboxylic acids is 2. The average Bonchev–Trinajstić information content (AvgIpc) is 2.30. The highest BCUT2D eigenvalue weighted by molar-refractivity contribution is 5.83. The van der Waals surface area contributed by atoms with Crippen LogP contribution in [0.15, 0.2) is 12.1 Å². The van der Waals surface area contributed by atoms with Crippen molar-refractivity contribution < 1.29 is 19.2 Å². The molecule has 17 heavy (non-hydrogen) atoms. The summed E-state index contributed by atoms with van der Waals surface area (Å²) >= 11 is 0. The third-order valence-electron chi connectivity index (χ3n) is 2.37. The van der Waals surface area contributed by atoms with Crippen LogP contribution in [0, 0.1) is 17.0 Å². The fourth-order valence-electron chi connectivity index (χ4n) is 1.43. The van der Waals surface area contributed by atoms with Crippen LogP contribution in [0.1, 0.15) is 21.5 Å². The zero-order valence-electron chi connectivity index (χ0n) is 9.43. The molecule has 0 heterocycles. The van der Waals surface area contributed by atoms with Crippen molar-refractivity contribution in [3.05, 3.63) is 38.9 Å². The molecule has 0 saturated carbocycles. The van der Waals surface area contributed by atoms with E-state index in [0.717, 1.165) is 0 Å². The highest BCUT2D eigenvalue weighted by Crippen LogP contribution is 2.22. The Labute approximate surface area is 97.3 Å². The van der Waals surface area contributed by atoms with Gasteiger partial charge in [-0.1, -0.05) is 0 Å². The summed E-state index contributed by atoms with van der Waals surface area (Å²) in [5.41, 5.74) is 0.822. The Balaban J connectivity index is 3.24. The van der Waals surface area contributed by atoms with Gasteiger partial charge in [0, 0.05) is 6.07 Å². The molecule has 0 saturated heterocycles. The van der Waals surface area contributed by atoms with Gasteiger partial charge in [0.15, 0.2) is 6.29 Å². The maximum atomic E-state index is 11.1. The van der Waals surface area contributed by atoms with Crippen LogP contribution in [0.4, 0.5) is 5.69 Å². The number of esters is 1. The zero-order valence-corrected chi connectivity index (χ0v) is 9.43. The molecule has 0 aromatic heterocycles. The van der Waals surface area contributed by atoms with Gasteiger partial charge in [-0.25, -0.2) is 0 Å². The standard InChI is InChI=1S/C11H11NO5/c1-7-3-9(6-13)10(12(15)16)4-8(7)5-11(14)17-2/h3-4,6H,5H2,1-2H3. The van der Waals surface area contributed by atoms with Gasteiger partial charge >= 0.3 is 5.97 Å². The molecule has 0 radical (unpaired) electrons. The maximum absolute atomic E-state index is 11.1. The van der Waals surface area contributed by atoms with E-state index in [1.807, 2.05) is 0 Å². The summed E-state index contributed by atoms with van der Waals surface area (Å²) in [4.78, 5) is 31.9. The monoisotopic (exact) mass is 237 g/mol. The molecule has 0 amide bonds. The van der Waals surface area contributed by atoms with Crippen LogP contribution < -0.4 is 0 Å². The van der Waals surface area contributed by atoms with Gasteiger partial charge in [0.2, 0.25) is 0 Å². The average molecular weight is 237 g/mol. The first-order chi connectivity index (χ1) is 7.99. The van der Waals surface area contributed by atoms with Crippen molar-refractivity contribution in [2.45, 2.75) is 13.3 Å². The number of benzene rings is 1. The topological polar surface area (TPSA) is 86.5 Å². The van der Waals surface area contributed by atoms with Gasteiger partial charge in [-0.15, -0.1) is 0 Å². The fraction of sp³-hybridized carbons (Fsp3) is 0.273. The van der Waals surface area contributed by atoms with Crippen molar-refractivity contribution in [2.24, 2.45) is 0 Å². The molecule has 1 aromatic carbocycles. The molecule has 0 aliphatic heterocycles. The van der Waals surface area contributed by atoms with Crippen molar-refractivity contribution in [1.82, 2.24) is 0 Å². The molecule has 1 rings (SSSR count). The lowest BCUT2D eigenvalue weighted by molar-refractivity contribution is -0.385. The molecule has 0 spiro atoms. The Morgan fingerprint density at radius 3 is 2.65 bits per heavy atom. The summed E-state index contributed by atoms with van der Waals surface area (Å²) in [6.45, 7) is 1.68. The first kappa shape index (κ1) is 12.8. The second-order valence-electron chi connectivity index (χ2n) is 3.47. The molecule has 0 atom stereocenters. The number of ether oxygens (including phenoxy) is 1. The van der Waals surface area contributed by atoms with Crippen molar-refractivity contribution in [2.75, 3.05) is 7.11 Å². The molecule has 0 fully saturated rings. The van der Waals surface area contributed by atoms with Gasteiger partial charge in [0.05, 0.1) is 24.0 Å². The number of hydrogen-bond donors (Lipinski definition) is 0. The first-order valence-corrected chi connectivity index (χ1v) is 4.79. The van der Waals surface area contributed by atoms with Crippen molar-refractivity contribution in [3.63, 3.8) is 0 Å². The molecule has 0 unspecified atom stereocenters. The van der Waals surface area contributed by atoms with E-state index >= 15 is 0 Å². The van der Waals surface area contributed by atoms with Gasteiger partial charge in [-0.2, -0.15) is 0 Å². The second-order valence-corrected chi connectivity index (χ2v) is 3.47. The van der Waals surface area contributed by atoms with E-state index in [9.17, 15) is 19.7 Å². The number of aryl methyl sites for hydroxylation is 1. The number of rotatable bonds is 4. The van der Waals surface area contributed by atoms with Crippen LogP contribution >= 0.6 is 0 Å². The number of nitro benzene ring substituents is 1. The van der Waals surface area contributed by atoms with Crippen LogP contribution in [-0.4, -0.2) is 24.3 Å². The third-order valence-corrected chi connectivity index (χ3v) is 2.37. The number of aldehydes is 1. The van der Waals surface area contributed by atoms with Crippen molar-refractivity contribution >= 4 is 17.9 Å². The van der Waals surface area contributed by atoms with Crippen LogP contribution in [0.25, 0.3) is 0 Å². The van der Waals surface area contributed by atoms with Crippen LogP contribution in [0.3, 0.4) is 0 Å². The van der Waals surface area contributed by atoms with E-state index in [1.54, 1.807) is 6.92 Å². The normalized spacial score (nSPS) is 9.76. The minimum atomic E-state index is -0.649. The van der Waals surface area contributed by atoms with E-state index in [-0.39, 0.29) is 17.7 Å². The Bertz CT molecular complexity index is 481. The molecule has 0 aliphatic rings. The molecule has 0 bridgehead atoms. The predicted octanol–water partition coefficient (Wildman–Crippen LogP) is 1.43. The third kappa shape index (κ3) is 2.87. The summed E-state index contributed by atoms with van der Waals surface area (Å²) in [5.74, 6) is -0.485. The molecule has 6 nitrogen and oxygen atoms in total. The lowest BCUT2D eigenvalue weighted by Gasteiger charge is -2.06. The number of hydrogen-bond acceptors (Lipinski definition) is 5. The summed E-state index contributed by atoms with van der Waals surface area (Å²) in [5, 5.41) is 10.7. The number of carbonyl (C=O) groups is 2. The molecule has 0 aliphatic carbocycles. The van der Waals surface area contributed by atoms with Crippen molar-refractivity contribution in [3.8, 4) is 0 Å². The SMILES string of the molecule is COC(=O)Cc1cc([N+](=O)[O-])c(C=O)cc1C. The van der Waals surface area contributed by atoms with E-state index in [4.69, 9.17) is 0 Å². The summed E-state index contributed by atoms with van der Waals surface area (Å²) in [6, 6.07) is 2.62. The van der Waals surface area contributed by atoms with Gasteiger partial charge < -0.3 is 4.74 Å². The highest BCUT2D eigenvalue weighted by Gasteiger charge is 2.17. The smallest absolute Gasteiger partial charge is 0.309 e. The first-order valence-electron chi connectivity index (χ1n) is 4.79. The second kappa shape index (κ2) is 5.20. The molecule has 90 valence electrons. The highest BCUT2D eigenvalue weighted by atomic mass is 16.6. The number of nitro groups is 1. The molecule has 6 heteroatoms. The Kier molecular flexibility index (Phi) is 3.92. The molecule has 0 N–H and O–H groups in total. The fourth-order valence-corrected chi connectivity index (χ4v) is 1.43. The summed E-state index contributed by atoms with van der Waals surface area (Å²) in [7, 11) is 1.24. The lowest BCUT2D eigenvalue weighted by Crippen LogP contribution is -2.07. The zero-order chi connectivity index (χ0) is 13.0. The van der Waals surface area contributed by atoms with Crippen LogP contribution in [0.2, 0.25) is 0 Å². The Hall–Kier alpha value is -2.24. The summed E-state index contributed by atoms with van der Waals surface area (Å²) in [6.07, 6.45) is 0.370. The Morgan fingerprint density at radius 2 is 2.18 bits per heavy atom. The van der Waals surface area contributed by atoms with Gasteiger partial charge in [0.1, 0.15) is 0 Å². The number of methoxy groups -OCH3 is 1. The molecule has 1 aromatic rings. The molecular weight excluding hydrogens is 226 g/mol. The van der Waals surface area contributed by atoms with Crippen LogP contribution in [-0.2, 0) is 16.0 Å². The van der Waals surface area contributed by atoms with E-state index in [2.05, 4.69) is 4.74 Å². The molecular formula is C11H11NO5. The predicted molar refractivity (Wildman–Crippen MR) is 58.9 cm³/mol. The van der Waals surface area contributed by atoms with Crippen molar-refractivity contribution in [1.29, 1.82) is 0 Å². The largest absolute Gasteiger partial charge is 0.469 e. The van der Waals surface area contributed by atoms with E-state index in [1.165, 1.54) is 19.2 Å².